The van der Waals surface area contributed by atoms with Crippen molar-refractivity contribution in [2.75, 3.05) is 32.7 Å². The second-order valence-electron chi connectivity index (χ2n) is 4.85. The first-order valence-electron chi connectivity index (χ1n) is 7.05. The summed E-state index contributed by atoms with van der Waals surface area (Å²) in [5, 5.41) is 3.17. The smallest absolute Gasteiger partial charge is 0.312 e. The topological polar surface area (TPSA) is 52.7 Å². The lowest BCUT2D eigenvalue weighted by molar-refractivity contribution is -0.152. The molecule has 1 aromatic rings. The number of piperazine rings is 1. The maximum Gasteiger partial charge on any atom is 0.312 e. The number of carbonyl (C=O) groups is 2. The van der Waals surface area contributed by atoms with Gasteiger partial charge in [0.05, 0.1) is 0 Å². The molecule has 0 aliphatic carbocycles. The molecule has 1 fully saturated rings. The first-order chi connectivity index (χ1) is 9.72. The number of benzene rings is 1. The van der Waals surface area contributed by atoms with E-state index in [0.29, 0.717) is 26.2 Å². The average molecular weight is 275 g/mol. The predicted molar refractivity (Wildman–Crippen MR) is 77.0 cm³/mol. The van der Waals surface area contributed by atoms with Crippen LogP contribution in [0.15, 0.2) is 30.3 Å². The summed E-state index contributed by atoms with van der Waals surface area (Å²) in [5.74, 6) is -0.789. The molecule has 108 valence electrons. The fourth-order valence-corrected chi connectivity index (χ4v) is 2.27. The van der Waals surface area contributed by atoms with E-state index in [-0.39, 0.29) is 5.91 Å². The summed E-state index contributed by atoms with van der Waals surface area (Å²) in [7, 11) is 0. The van der Waals surface area contributed by atoms with Crippen molar-refractivity contribution in [1.29, 1.82) is 0 Å². The third-order valence-electron chi connectivity index (χ3n) is 3.47. The third kappa shape index (κ3) is 3.57. The Labute approximate surface area is 119 Å². The van der Waals surface area contributed by atoms with E-state index in [1.54, 1.807) is 9.80 Å². The molecule has 5 heteroatoms. The van der Waals surface area contributed by atoms with E-state index in [0.717, 1.165) is 18.7 Å². The second kappa shape index (κ2) is 7.05. The van der Waals surface area contributed by atoms with Crippen molar-refractivity contribution < 1.29 is 9.59 Å². The lowest BCUT2D eigenvalue weighted by Crippen LogP contribution is -2.52. The van der Waals surface area contributed by atoms with Gasteiger partial charge in [-0.25, -0.2) is 0 Å². The highest BCUT2D eigenvalue weighted by atomic mass is 16.2. The normalized spacial score (nSPS) is 14.9. The highest BCUT2D eigenvalue weighted by Crippen LogP contribution is 2.06. The maximum absolute atomic E-state index is 12.3. The molecule has 0 unspecified atom stereocenters. The van der Waals surface area contributed by atoms with Crippen LogP contribution in [0.4, 0.5) is 0 Å². The number of nitrogens with one attached hydrogen (secondary N) is 1. The molecule has 0 bridgehead atoms. The number of likely N-dealkylation sites (N-methyl/N-ethyl adjacent to an activating group) is 1. The van der Waals surface area contributed by atoms with Gasteiger partial charge in [0.15, 0.2) is 0 Å². The molecule has 0 radical (unpaired) electrons. The van der Waals surface area contributed by atoms with E-state index in [1.165, 1.54) is 0 Å². The predicted octanol–water partition coefficient (Wildman–Crippen LogP) is 0.467. The van der Waals surface area contributed by atoms with E-state index in [4.69, 9.17) is 0 Å². The van der Waals surface area contributed by atoms with Gasteiger partial charge in [0.1, 0.15) is 0 Å². The van der Waals surface area contributed by atoms with Crippen LogP contribution in [0.2, 0.25) is 0 Å². The first kappa shape index (κ1) is 14.5. The summed E-state index contributed by atoms with van der Waals surface area (Å²) < 4.78 is 0. The van der Waals surface area contributed by atoms with Crippen LogP contribution >= 0.6 is 0 Å². The fourth-order valence-electron chi connectivity index (χ4n) is 2.27. The summed E-state index contributed by atoms with van der Waals surface area (Å²) in [6.45, 7) is 5.63. The monoisotopic (exact) mass is 275 g/mol. The number of hydrogen-bond donors (Lipinski definition) is 1. The van der Waals surface area contributed by atoms with Gasteiger partial charge in [-0.2, -0.15) is 0 Å². The van der Waals surface area contributed by atoms with Crippen molar-refractivity contribution in [2.24, 2.45) is 0 Å². The van der Waals surface area contributed by atoms with Crippen LogP contribution in [0.1, 0.15) is 12.5 Å². The Morgan fingerprint density at radius 3 is 2.45 bits per heavy atom. The number of rotatable bonds is 3. The number of amides is 2. The molecule has 20 heavy (non-hydrogen) atoms. The van der Waals surface area contributed by atoms with Gasteiger partial charge in [-0.05, 0) is 12.5 Å². The molecular formula is C15H21N3O2. The lowest BCUT2D eigenvalue weighted by Gasteiger charge is -2.29. The van der Waals surface area contributed by atoms with E-state index < -0.39 is 5.91 Å². The van der Waals surface area contributed by atoms with Crippen LogP contribution in [-0.4, -0.2) is 54.3 Å². The lowest BCUT2D eigenvalue weighted by atomic mass is 10.2. The van der Waals surface area contributed by atoms with Crippen molar-refractivity contribution in [1.82, 2.24) is 15.1 Å². The summed E-state index contributed by atoms with van der Waals surface area (Å²) in [6, 6.07) is 9.74. The van der Waals surface area contributed by atoms with Gasteiger partial charge in [0.25, 0.3) is 0 Å². The molecule has 5 nitrogen and oxygen atoms in total. The van der Waals surface area contributed by atoms with Crippen molar-refractivity contribution in [3.63, 3.8) is 0 Å². The molecule has 2 amide bonds. The standard InChI is InChI=1S/C15H21N3O2/c1-2-17(12-13-6-4-3-5-7-13)14(19)15(20)18-10-8-16-9-11-18/h3-7,16H,2,8-12H2,1H3. The van der Waals surface area contributed by atoms with Crippen molar-refractivity contribution in [2.45, 2.75) is 13.5 Å². The minimum absolute atomic E-state index is 0.385. The van der Waals surface area contributed by atoms with Crippen LogP contribution in [0, 0.1) is 0 Å². The molecule has 0 saturated carbocycles. The Bertz CT molecular complexity index is 455. The molecule has 1 aliphatic rings. The van der Waals surface area contributed by atoms with Gasteiger partial charge in [-0.3, -0.25) is 9.59 Å². The summed E-state index contributed by atoms with van der Waals surface area (Å²) in [6.07, 6.45) is 0. The van der Waals surface area contributed by atoms with Crippen molar-refractivity contribution in [3.05, 3.63) is 35.9 Å². The Morgan fingerprint density at radius 2 is 1.85 bits per heavy atom. The van der Waals surface area contributed by atoms with Crippen molar-refractivity contribution in [3.8, 4) is 0 Å². The minimum Gasteiger partial charge on any atom is -0.332 e. The molecule has 1 aromatic carbocycles. The van der Waals surface area contributed by atoms with Gasteiger partial charge in [-0.1, -0.05) is 30.3 Å². The van der Waals surface area contributed by atoms with E-state index in [2.05, 4.69) is 5.32 Å². The van der Waals surface area contributed by atoms with E-state index in [1.807, 2.05) is 37.3 Å². The fraction of sp³-hybridized carbons (Fsp3) is 0.467. The molecule has 0 aromatic heterocycles. The molecule has 1 saturated heterocycles. The highest BCUT2D eigenvalue weighted by Gasteiger charge is 2.27. The van der Waals surface area contributed by atoms with Gasteiger partial charge in [-0.15, -0.1) is 0 Å². The second-order valence-corrected chi connectivity index (χ2v) is 4.85. The van der Waals surface area contributed by atoms with E-state index in [9.17, 15) is 9.59 Å². The molecule has 0 spiro atoms. The summed E-state index contributed by atoms with van der Waals surface area (Å²) in [4.78, 5) is 27.7. The van der Waals surface area contributed by atoms with Gasteiger partial charge >= 0.3 is 11.8 Å². The molecular weight excluding hydrogens is 254 g/mol. The van der Waals surface area contributed by atoms with Gasteiger partial charge in [0, 0.05) is 39.3 Å². The average Bonchev–Trinajstić information content (AvgIpc) is 2.53. The Kier molecular flexibility index (Phi) is 5.12. The van der Waals surface area contributed by atoms with Crippen molar-refractivity contribution >= 4 is 11.8 Å². The van der Waals surface area contributed by atoms with Gasteiger partial charge < -0.3 is 15.1 Å². The summed E-state index contributed by atoms with van der Waals surface area (Å²) in [5.41, 5.74) is 1.04. The molecule has 2 rings (SSSR count). The first-order valence-corrected chi connectivity index (χ1v) is 7.05. The third-order valence-corrected chi connectivity index (χ3v) is 3.47. The summed E-state index contributed by atoms with van der Waals surface area (Å²) >= 11 is 0. The van der Waals surface area contributed by atoms with Gasteiger partial charge in [0.2, 0.25) is 0 Å². The quantitative estimate of drug-likeness (QED) is 0.816. The van der Waals surface area contributed by atoms with Crippen LogP contribution in [0.5, 0.6) is 0 Å². The van der Waals surface area contributed by atoms with Crippen LogP contribution in [-0.2, 0) is 16.1 Å². The van der Waals surface area contributed by atoms with E-state index >= 15 is 0 Å². The largest absolute Gasteiger partial charge is 0.332 e. The molecule has 1 aliphatic heterocycles. The Morgan fingerprint density at radius 1 is 1.20 bits per heavy atom. The Hall–Kier alpha value is -1.88. The molecule has 1 heterocycles. The maximum atomic E-state index is 12.3. The molecule has 0 atom stereocenters. The molecule has 1 N–H and O–H groups in total. The zero-order valence-corrected chi connectivity index (χ0v) is 11.8. The number of carbonyl (C=O) groups excluding carboxylic acids is 2. The SMILES string of the molecule is CCN(Cc1ccccc1)C(=O)C(=O)N1CCNCC1. The number of hydrogen-bond acceptors (Lipinski definition) is 3. The van der Waals surface area contributed by atoms with Crippen LogP contribution in [0.3, 0.4) is 0 Å². The van der Waals surface area contributed by atoms with Crippen LogP contribution < -0.4 is 5.32 Å². The zero-order chi connectivity index (χ0) is 14.4. The zero-order valence-electron chi connectivity index (χ0n) is 11.8. The van der Waals surface area contributed by atoms with Crippen LogP contribution in [0.25, 0.3) is 0 Å². The highest BCUT2D eigenvalue weighted by molar-refractivity contribution is 6.34. The Balaban J connectivity index is 1.99. The minimum atomic E-state index is -0.404. The number of nitrogens with zero attached hydrogens (tertiary/aromatic N) is 2.